The summed E-state index contributed by atoms with van der Waals surface area (Å²) in [5.74, 6) is 3.20. The van der Waals surface area contributed by atoms with E-state index in [9.17, 15) is 5.11 Å². The maximum Gasteiger partial charge on any atom is 0.123 e. The van der Waals surface area contributed by atoms with Gasteiger partial charge < -0.3 is 5.11 Å². The van der Waals surface area contributed by atoms with E-state index in [1.165, 1.54) is 56.9 Å². The Kier molecular flexibility index (Phi) is 5.48. The van der Waals surface area contributed by atoms with Gasteiger partial charge in [0.15, 0.2) is 0 Å². The quantitative estimate of drug-likeness (QED) is 0.583. The van der Waals surface area contributed by atoms with Crippen LogP contribution < -0.4 is 0 Å². The van der Waals surface area contributed by atoms with E-state index in [0.29, 0.717) is 11.7 Å². The zero-order valence-electron chi connectivity index (χ0n) is 18.0. The molecule has 26 heavy (non-hydrogen) atoms. The van der Waals surface area contributed by atoms with Gasteiger partial charge in [0.05, 0.1) is 0 Å². The molecule has 2 aliphatic carbocycles. The second kappa shape index (κ2) is 7.21. The van der Waals surface area contributed by atoms with E-state index >= 15 is 0 Å². The van der Waals surface area contributed by atoms with Crippen molar-refractivity contribution in [1.29, 1.82) is 0 Å². The van der Waals surface area contributed by atoms with E-state index in [2.05, 4.69) is 53.7 Å². The number of hydrogen-bond donors (Lipinski definition) is 1. The number of phenolic OH excluding ortho intramolecular Hbond substituents is 1. The lowest BCUT2D eigenvalue weighted by Crippen LogP contribution is -2.21. The average Bonchev–Trinajstić information content (AvgIpc) is 3.07. The van der Waals surface area contributed by atoms with Gasteiger partial charge in [0.25, 0.3) is 0 Å². The lowest BCUT2D eigenvalue weighted by Gasteiger charge is -2.34. The van der Waals surface area contributed by atoms with E-state index < -0.39 is 0 Å². The first kappa shape index (κ1) is 19.8. The minimum atomic E-state index is -0.0266. The molecule has 0 aromatic heterocycles. The fourth-order valence-corrected chi connectivity index (χ4v) is 5.39. The number of rotatable bonds is 2. The molecular formula is C25H40O. The molecule has 1 nitrogen and oxygen atoms in total. The second-order valence-corrected chi connectivity index (χ2v) is 11.1. The molecule has 0 unspecified atom stereocenters. The normalized spacial score (nSPS) is 25.6. The summed E-state index contributed by atoms with van der Waals surface area (Å²) in [5.41, 5.74) is 3.67. The van der Waals surface area contributed by atoms with Crippen molar-refractivity contribution < 1.29 is 5.11 Å². The minimum Gasteiger partial charge on any atom is -0.507 e. The molecule has 2 fully saturated rings. The summed E-state index contributed by atoms with van der Waals surface area (Å²) in [5, 5.41) is 11.0. The lowest BCUT2D eigenvalue weighted by atomic mass is 9.71. The highest BCUT2D eigenvalue weighted by atomic mass is 16.3. The maximum absolute atomic E-state index is 11.0. The summed E-state index contributed by atoms with van der Waals surface area (Å²) >= 11 is 0. The Morgan fingerprint density at radius 1 is 0.692 bits per heavy atom. The third-order valence-electron chi connectivity index (χ3n) is 7.06. The van der Waals surface area contributed by atoms with Crippen molar-refractivity contribution in [3.05, 3.63) is 28.8 Å². The molecule has 0 amide bonds. The van der Waals surface area contributed by atoms with Gasteiger partial charge in [0.2, 0.25) is 0 Å². The van der Waals surface area contributed by atoms with Crippen LogP contribution in [0, 0.1) is 11.8 Å². The van der Waals surface area contributed by atoms with Crippen molar-refractivity contribution >= 4 is 0 Å². The van der Waals surface area contributed by atoms with Crippen molar-refractivity contribution in [2.24, 2.45) is 11.8 Å². The van der Waals surface area contributed by atoms with Crippen LogP contribution in [0.3, 0.4) is 0 Å². The van der Waals surface area contributed by atoms with E-state index in [-0.39, 0.29) is 10.8 Å². The third kappa shape index (κ3) is 4.12. The molecule has 0 heterocycles. The molecule has 1 aromatic carbocycles. The van der Waals surface area contributed by atoms with Crippen molar-refractivity contribution in [2.45, 2.75) is 110 Å². The van der Waals surface area contributed by atoms with Gasteiger partial charge in [0.1, 0.15) is 5.75 Å². The van der Waals surface area contributed by atoms with Crippen LogP contribution in [0.4, 0.5) is 0 Å². The molecule has 1 heteroatoms. The van der Waals surface area contributed by atoms with Gasteiger partial charge in [-0.3, -0.25) is 0 Å². The third-order valence-corrected chi connectivity index (χ3v) is 7.06. The summed E-state index contributed by atoms with van der Waals surface area (Å²) in [6, 6.07) is 4.65. The van der Waals surface area contributed by atoms with Crippen LogP contribution in [0.15, 0.2) is 12.1 Å². The summed E-state index contributed by atoms with van der Waals surface area (Å²) in [4.78, 5) is 0. The highest BCUT2D eigenvalue weighted by molar-refractivity contribution is 5.50. The predicted octanol–water partition coefficient (Wildman–Crippen LogP) is 7.45. The van der Waals surface area contributed by atoms with Crippen molar-refractivity contribution in [3.8, 4) is 5.75 Å². The van der Waals surface area contributed by atoms with E-state index in [1.807, 2.05) is 0 Å². The Bertz CT molecular complexity index is 580. The first-order valence-electron chi connectivity index (χ1n) is 10.9. The number of aromatic hydroxyl groups is 1. The molecule has 146 valence electrons. The topological polar surface area (TPSA) is 20.2 Å². The van der Waals surface area contributed by atoms with E-state index in [4.69, 9.17) is 0 Å². The number of benzene rings is 1. The smallest absolute Gasteiger partial charge is 0.123 e. The van der Waals surface area contributed by atoms with Crippen molar-refractivity contribution in [3.63, 3.8) is 0 Å². The van der Waals surface area contributed by atoms with Crippen LogP contribution in [-0.4, -0.2) is 5.11 Å². The molecule has 0 radical (unpaired) electrons. The molecule has 0 bridgehead atoms. The van der Waals surface area contributed by atoms with Crippen molar-refractivity contribution in [1.82, 2.24) is 0 Å². The van der Waals surface area contributed by atoms with E-state index in [1.54, 1.807) is 0 Å². The summed E-state index contributed by atoms with van der Waals surface area (Å²) < 4.78 is 0. The van der Waals surface area contributed by atoms with Gasteiger partial charge in [-0.1, -0.05) is 79.4 Å². The highest BCUT2D eigenvalue weighted by Crippen LogP contribution is 2.46. The number of hydrogen-bond acceptors (Lipinski definition) is 1. The molecule has 1 aromatic rings. The lowest BCUT2D eigenvalue weighted by molar-refractivity contribution is 0.235. The second-order valence-electron chi connectivity index (χ2n) is 11.1. The van der Waals surface area contributed by atoms with Gasteiger partial charge in [-0.25, -0.2) is 0 Å². The minimum absolute atomic E-state index is 0.0266. The van der Waals surface area contributed by atoms with Crippen LogP contribution in [-0.2, 0) is 10.8 Å². The fourth-order valence-electron chi connectivity index (χ4n) is 5.39. The van der Waals surface area contributed by atoms with Crippen molar-refractivity contribution in [2.75, 3.05) is 0 Å². The SMILES string of the molecule is CC(C)(C)c1cc(C2CCC(C3CCCC3)CC2)cc(C(C)(C)C)c1O. The molecule has 1 N–H and O–H groups in total. The Labute approximate surface area is 161 Å². The molecular weight excluding hydrogens is 316 g/mol. The van der Waals surface area contributed by atoms with Gasteiger partial charge in [-0.05, 0) is 71.0 Å². The standard InChI is InChI=1S/C25H40O/c1-24(2,3)21-15-20(16-22(23(21)26)25(4,5)6)19-13-11-18(12-14-19)17-9-7-8-10-17/h15-19,26H,7-14H2,1-6H3. The van der Waals surface area contributed by atoms with E-state index in [0.717, 1.165) is 23.0 Å². The highest BCUT2D eigenvalue weighted by Gasteiger charge is 2.32. The Morgan fingerprint density at radius 2 is 1.12 bits per heavy atom. The number of phenols is 1. The molecule has 2 aliphatic rings. The first-order valence-corrected chi connectivity index (χ1v) is 10.9. The molecule has 2 saturated carbocycles. The van der Waals surface area contributed by atoms with Gasteiger partial charge >= 0.3 is 0 Å². The zero-order valence-corrected chi connectivity index (χ0v) is 18.0. The molecule has 0 spiro atoms. The van der Waals surface area contributed by atoms with Gasteiger partial charge in [-0.2, -0.15) is 0 Å². The maximum atomic E-state index is 11.0. The molecule has 0 saturated heterocycles. The summed E-state index contributed by atoms with van der Waals surface area (Å²) in [7, 11) is 0. The first-order chi connectivity index (χ1) is 12.1. The Hall–Kier alpha value is -0.980. The average molecular weight is 357 g/mol. The Balaban J connectivity index is 1.85. The summed E-state index contributed by atoms with van der Waals surface area (Å²) in [6.45, 7) is 13.3. The zero-order chi connectivity index (χ0) is 19.1. The molecule has 0 atom stereocenters. The fraction of sp³-hybridized carbons (Fsp3) is 0.760. The molecule has 3 rings (SSSR count). The summed E-state index contributed by atoms with van der Waals surface area (Å²) in [6.07, 6.45) is 11.4. The van der Waals surface area contributed by atoms with Gasteiger partial charge in [-0.15, -0.1) is 0 Å². The van der Waals surface area contributed by atoms with Crippen LogP contribution in [0.25, 0.3) is 0 Å². The van der Waals surface area contributed by atoms with Crippen LogP contribution >= 0.6 is 0 Å². The Morgan fingerprint density at radius 3 is 1.54 bits per heavy atom. The van der Waals surface area contributed by atoms with Crippen LogP contribution in [0.5, 0.6) is 5.75 Å². The largest absolute Gasteiger partial charge is 0.507 e. The predicted molar refractivity (Wildman–Crippen MR) is 112 cm³/mol. The van der Waals surface area contributed by atoms with Gasteiger partial charge in [0, 0.05) is 0 Å². The van der Waals surface area contributed by atoms with Crippen LogP contribution in [0.1, 0.15) is 116 Å². The monoisotopic (exact) mass is 356 g/mol. The van der Waals surface area contributed by atoms with Crippen LogP contribution in [0.2, 0.25) is 0 Å². The molecule has 0 aliphatic heterocycles.